The minimum absolute atomic E-state index is 0.0807. The molecule has 0 bridgehead atoms. The summed E-state index contributed by atoms with van der Waals surface area (Å²) in [5.74, 6) is 0.606. The Morgan fingerprint density at radius 1 is 1.12 bits per heavy atom. The fourth-order valence-corrected chi connectivity index (χ4v) is 6.52. The number of hydrogen-bond acceptors (Lipinski definition) is 4. The lowest BCUT2D eigenvalue weighted by atomic mass is 9.81. The SMILES string of the molecule is C=CCN(C)C(=O)C1=Cc2cc(OC)ccc2-c2c(C3CCCCC3)c3ccc(C(=O)NS(=O)N(C)C)cc3n2C1. The molecule has 216 valence electrons. The zero-order valence-corrected chi connectivity index (χ0v) is 25.1. The van der Waals surface area contributed by atoms with Gasteiger partial charge in [-0.25, -0.2) is 8.51 Å². The first-order valence-electron chi connectivity index (χ1n) is 14.0. The van der Waals surface area contributed by atoms with Gasteiger partial charge in [0.1, 0.15) is 5.75 Å². The molecule has 2 amide bonds. The van der Waals surface area contributed by atoms with Crippen LogP contribution in [-0.2, 0) is 22.5 Å². The maximum Gasteiger partial charge on any atom is 0.264 e. The summed E-state index contributed by atoms with van der Waals surface area (Å²) in [7, 11) is 6.71. The fourth-order valence-electron chi connectivity index (χ4n) is 6.06. The topological polar surface area (TPSA) is 83.9 Å². The van der Waals surface area contributed by atoms with E-state index in [0.717, 1.165) is 46.3 Å². The predicted molar refractivity (Wildman–Crippen MR) is 165 cm³/mol. The molecule has 0 saturated heterocycles. The monoisotopic (exact) mass is 574 g/mol. The molecule has 5 rings (SSSR count). The summed E-state index contributed by atoms with van der Waals surface area (Å²) in [6.45, 7) is 4.58. The Labute approximate surface area is 244 Å². The van der Waals surface area contributed by atoms with E-state index in [1.807, 2.05) is 36.4 Å². The highest BCUT2D eigenvalue weighted by atomic mass is 32.2. The van der Waals surface area contributed by atoms with Crippen LogP contribution in [0.4, 0.5) is 0 Å². The Morgan fingerprint density at radius 3 is 2.56 bits per heavy atom. The van der Waals surface area contributed by atoms with Gasteiger partial charge in [-0.1, -0.05) is 31.4 Å². The zero-order chi connectivity index (χ0) is 29.3. The first kappa shape index (κ1) is 28.8. The van der Waals surface area contributed by atoms with Gasteiger partial charge < -0.3 is 14.2 Å². The van der Waals surface area contributed by atoms with Crippen molar-refractivity contribution in [3.8, 4) is 17.0 Å². The lowest BCUT2D eigenvalue weighted by Crippen LogP contribution is -2.34. The molecule has 9 heteroatoms. The maximum absolute atomic E-state index is 13.7. The van der Waals surface area contributed by atoms with Crippen LogP contribution in [0.2, 0.25) is 0 Å². The summed E-state index contributed by atoms with van der Waals surface area (Å²) < 4.78 is 24.1. The number of likely N-dealkylation sites (N-methyl/N-ethyl adjacent to an activating group) is 1. The van der Waals surface area contributed by atoms with E-state index in [-0.39, 0.29) is 5.91 Å². The summed E-state index contributed by atoms with van der Waals surface area (Å²) in [5, 5.41) is 1.09. The Kier molecular flexibility index (Phi) is 8.47. The van der Waals surface area contributed by atoms with E-state index in [1.54, 1.807) is 39.2 Å². The lowest BCUT2D eigenvalue weighted by molar-refractivity contribution is -0.125. The van der Waals surface area contributed by atoms with E-state index in [1.165, 1.54) is 29.1 Å². The molecule has 41 heavy (non-hydrogen) atoms. The molecule has 1 unspecified atom stereocenters. The zero-order valence-electron chi connectivity index (χ0n) is 24.2. The molecule has 8 nitrogen and oxygen atoms in total. The van der Waals surface area contributed by atoms with Crippen molar-refractivity contribution in [1.82, 2.24) is 18.5 Å². The molecule has 0 radical (unpaired) electrons. The highest BCUT2D eigenvalue weighted by Gasteiger charge is 2.31. The van der Waals surface area contributed by atoms with Crippen LogP contribution >= 0.6 is 0 Å². The lowest BCUT2D eigenvalue weighted by Gasteiger charge is -2.24. The molecule has 1 saturated carbocycles. The van der Waals surface area contributed by atoms with Crippen LogP contribution < -0.4 is 9.46 Å². The molecule has 2 heterocycles. The molecule has 1 aromatic heterocycles. The highest BCUT2D eigenvalue weighted by Crippen LogP contribution is 2.47. The number of rotatable bonds is 8. The first-order chi connectivity index (χ1) is 19.7. The third-order valence-electron chi connectivity index (χ3n) is 8.09. The molecule has 1 aliphatic carbocycles. The largest absolute Gasteiger partial charge is 0.497 e. The average molecular weight is 575 g/mol. The summed E-state index contributed by atoms with van der Waals surface area (Å²) in [5.41, 5.74) is 6.27. The number of carbonyl (C=O) groups is 2. The van der Waals surface area contributed by atoms with Crippen LogP contribution in [0.25, 0.3) is 28.2 Å². The summed E-state index contributed by atoms with van der Waals surface area (Å²) >= 11 is -1.64. The van der Waals surface area contributed by atoms with Crippen molar-refractivity contribution in [2.24, 2.45) is 0 Å². The van der Waals surface area contributed by atoms with Crippen molar-refractivity contribution in [1.29, 1.82) is 0 Å². The van der Waals surface area contributed by atoms with Crippen LogP contribution in [0.5, 0.6) is 5.75 Å². The molecule has 2 aliphatic rings. The third kappa shape index (κ3) is 5.61. The predicted octanol–water partition coefficient (Wildman–Crippen LogP) is 5.28. The number of hydrogen-bond donors (Lipinski definition) is 1. The third-order valence-corrected chi connectivity index (χ3v) is 9.11. The molecule has 1 fully saturated rings. The fraction of sp³-hybridized carbons (Fsp3) is 0.375. The van der Waals surface area contributed by atoms with Gasteiger partial charge in [-0.05, 0) is 66.3 Å². The second kappa shape index (κ2) is 12.0. The standard InChI is InChI=1S/C32H38N4O4S/c1-6-16-35(4)32(38)24-17-23-18-25(40-5)13-15-26(23)30-29(21-10-8-7-9-11-21)27-14-12-22(19-28(27)36(30)20-24)31(37)33-41(39)34(2)3/h6,12-15,17-19,21H,1,7-11,16,20H2,2-5H3,(H,33,37). The van der Waals surface area contributed by atoms with E-state index in [9.17, 15) is 13.8 Å². The van der Waals surface area contributed by atoms with Gasteiger partial charge >= 0.3 is 0 Å². The summed E-state index contributed by atoms with van der Waals surface area (Å²) in [4.78, 5) is 28.5. The van der Waals surface area contributed by atoms with Gasteiger partial charge in [-0.2, -0.15) is 0 Å². The quantitative estimate of drug-likeness (QED) is 0.371. The average Bonchev–Trinajstić information content (AvgIpc) is 3.19. The summed E-state index contributed by atoms with van der Waals surface area (Å²) in [6, 6.07) is 11.7. The first-order valence-corrected chi connectivity index (χ1v) is 15.2. The second-order valence-electron chi connectivity index (χ2n) is 11.0. The van der Waals surface area contributed by atoms with Gasteiger partial charge in [-0.3, -0.25) is 14.3 Å². The van der Waals surface area contributed by atoms with E-state index < -0.39 is 17.1 Å². The molecule has 3 aromatic rings. The van der Waals surface area contributed by atoms with Crippen molar-refractivity contribution in [3.63, 3.8) is 0 Å². The molecular weight excluding hydrogens is 536 g/mol. The van der Waals surface area contributed by atoms with Crippen molar-refractivity contribution in [2.75, 3.05) is 34.8 Å². The Hall–Kier alpha value is -3.69. The van der Waals surface area contributed by atoms with Gasteiger partial charge in [0.2, 0.25) is 0 Å². The van der Waals surface area contributed by atoms with Crippen molar-refractivity contribution >= 4 is 40.0 Å². The van der Waals surface area contributed by atoms with E-state index in [4.69, 9.17) is 4.74 Å². The Balaban J connectivity index is 1.76. The smallest absolute Gasteiger partial charge is 0.264 e. The number of nitrogens with one attached hydrogen (secondary N) is 1. The van der Waals surface area contributed by atoms with Gasteiger partial charge in [0.15, 0.2) is 11.2 Å². The van der Waals surface area contributed by atoms with Gasteiger partial charge in [0, 0.05) is 55.3 Å². The van der Waals surface area contributed by atoms with Crippen molar-refractivity contribution < 1.29 is 18.5 Å². The number of fused-ring (bicyclic) bond motifs is 5. The minimum Gasteiger partial charge on any atom is -0.497 e. The van der Waals surface area contributed by atoms with E-state index in [2.05, 4.69) is 21.9 Å². The molecule has 1 aliphatic heterocycles. The van der Waals surface area contributed by atoms with Crippen LogP contribution in [0.3, 0.4) is 0 Å². The van der Waals surface area contributed by atoms with Crippen LogP contribution in [0, 0.1) is 0 Å². The number of aromatic nitrogens is 1. The number of ether oxygens (including phenoxy) is 1. The van der Waals surface area contributed by atoms with Gasteiger partial charge in [-0.15, -0.1) is 6.58 Å². The van der Waals surface area contributed by atoms with E-state index >= 15 is 0 Å². The van der Waals surface area contributed by atoms with E-state index in [0.29, 0.717) is 30.1 Å². The molecule has 1 N–H and O–H groups in total. The molecular formula is C32H38N4O4S. The van der Waals surface area contributed by atoms with Crippen LogP contribution in [0.1, 0.15) is 59.5 Å². The molecule has 2 aromatic carbocycles. The number of carbonyl (C=O) groups excluding carboxylic acids is 2. The Bertz CT molecular complexity index is 1570. The maximum atomic E-state index is 13.7. The van der Waals surface area contributed by atoms with Crippen molar-refractivity contribution in [3.05, 3.63) is 71.3 Å². The Morgan fingerprint density at radius 2 is 1.88 bits per heavy atom. The normalized spacial score (nSPS) is 15.9. The summed E-state index contributed by atoms with van der Waals surface area (Å²) in [6.07, 6.45) is 9.48. The van der Waals surface area contributed by atoms with Crippen LogP contribution in [-0.4, -0.2) is 64.6 Å². The molecule has 1 atom stereocenters. The second-order valence-corrected chi connectivity index (χ2v) is 12.4. The number of amides is 2. The minimum atomic E-state index is -1.64. The van der Waals surface area contributed by atoms with Gasteiger partial charge in [0.25, 0.3) is 11.8 Å². The number of nitrogens with zero attached hydrogens (tertiary/aromatic N) is 3. The number of methoxy groups -OCH3 is 1. The highest BCUT2D eigenvalue weighted by molar-refractivity contribution is 7.81. The van der Waals surface area contributed by atoms with Gasteiger partial charge in [0.05, 0.1) is 19.3 Å². The van der Waals surface area contributed by atoms with Crippen LogP contribution in [0.15, 0.2) is 54.6 Å². The van der Waals surface area contributed by atoms with Crippen molar-refractivity contribution in [2.45, 2.75) is 44.6 Å². The molecule has 0 spiro atoms. The number of benzene rings is 2.